The first kappa shape index (κ1) is 14.3. The minimum atomic E-state index is -0.412. The summed E-state index contributed by atoms with van der Waals surface area (Å²) < 4.78 is 18.3. The van der Waals surface area contributed by atoms with E-state index >= 15 is 0 Å². The summed E-state index contributed by atoms with van der Waals surface area (Å²) in [5.74, 6) is -0.663. The van der Waals surface area contributed by atoms with E-state index in [9.17, 15) is 9.18 Å². The third-order valence-corrected chi connectivity index (χ3v) is 3.67. The second-order valence-corrected chi connectivity index (χ2v) is 5.07. The summed E-state index contributed by atoms with van der Waals surface area (Å²) in [7, 11) is 0. The fourth-order valence-corrected chi connectivity index (χ4v) is 2.57. The number of hydrogen-bond acceptors (Lipinski definition) is 2. The number of carbonyl (C=O) groups is 1. The molecule has 0 heterocycles. The number of carbonyl (C=O) groups excluding carboxylic acids is 1. The molecule has 22 heavy (non-hydrogen) atoms. The van der Waals surface area contributed by atoms with Crippen molar-refractivity contribution < 1.29 is 13.9 Å². The Kier molecular flexibility index (Phi) is 3.63. The van der Waals surface area contributed by atoms with Gasteiger partial charge in [-0.3, -0.25) is 0 Å². The largest absolute Gasteiger partial charge is 0.462 e. The van der Waals surface area contributed by atoms with Crippen LogP contribution in [0.4, 0.5) is 4.39 Å². The van der Waals surface area contributed by atoms with Crippen LogP contribution >= 0.6 is 0 Å². The van der Waals surface area contributed by atoms with Crippen LogP contribution in [-0.2, 0) is 9.53 Å². The van der Waals surface area contributed by atoms with Crippen molar-refractivity contribution in [3.8, 4) is 0 Å². The molecule has 0 spiro atoms. The summed E-state index contributed by atoms with van der Waals surface area (Å²) in [5.41, 5.74) is 1.07. The van der Waals surface area contributed by atoms with Crippen molar-refractivity contribution in [3.63, 3.8) is 0 Å². The molecule has 0 aliphatic rings. The van der Waals surface area contributed by atoms with E-state index in [1.807, 2.05) is 30.3 Å². The Bertz CT molecular complexity index is 896. The first-order valence-corrected chi connectivity index (χ1v) is 7.08. The molecule has 3 heteroatoms. The van der Waals surface area contributed by atoms with Crippen LogP contribution in [0.5, 0.6) is 0 Å². The zero-order valence-corrected chi connectivity index (χ0v) is 12.2. The fourth-order valence-electron chi connectivity index (χ4n) is 2.57. The molecule has 0 bridgehead atoms. The lowest BCUT2D eigenvalue weighted by molar-refractivity contribution is -0.136. The van der Waals surface area contributed by atoms with E-state index in [4.69, 9.17) is 4.74 Å². The van der Waals surface area contributed by atoms with Crippen LogP contribution in [-0.4, -0.2) is 12.6 Å². The van der Waals surface area contributed by atoms with E-state index in [1.165, 1.54) is 12.1 Å². The summed E-state index contributed by atoms with van der Waals surface area (Å²) in [5, 5.41) is 3.82. The van der Waals surface area contributed by atoms with Crippen LogP contribution in [0.25, 0.3) is 27.1 Å². The SMILES string of the molecule is C=C(C(=O)OCC)c1ccc2c(ccc3cc(F)ccc32)c1. The minimum Gasteiger partial charge on any atom is -0.462 e. The Labute approximate surface area is 127 Å². The van der Waals surface area contributed by atoms with Gasteiger partial charge in [-0.15, -0.1) is 0 Å². The Balaban J connectivity index is 2.11. The van der Waals surface area contributed by atoms with Gasteiger partial charge in [-0.1, -0.05) is 36.9 Å². The van der Waals surface area contributed by atoms with E-state index < -0.39 is 5.97 Å². The Morgan fingerprint density at radius 2 is 1.68 bits per heavy atom. The molecule has 110 valence electrons. The van der Waals surface area contributed by atoms with Crippen LogP contribution in [0.3, 0.4) is 0 Å². The topological polar surface area (TPSA) is 26.3 Å². The molecule has 2 nitrogen and oxygen atoms in total. The maximum atomic E-state index is 13.3. The summed E-state index contributed by atoms with van der Waals surface area (Å²) >= 11 is 0. The Hall–Kier alpha value is -2.68. The molecule has 0 saturated carbocycles. The van der Waals surface area contributed by atoms with E-state index in [0.29, 0.717) is 12.2 Å². The van der Waals surface area contributed by atoms with Gasteiger partial charge >= 0.3 is 5.97 Å². The Morgan fingerprint density at radius 1 is 1.05 bits per heavy atom. The molecule has 3 aromatic carbocycles. The predicted octanol–water partition coefficient (Wildman–Crippen LogP) is 4.71. The lowest BCUT2D eigenvalue weighted by Gasteiger charge is -2.09. The molecule has 3 rings (SSSR count). The summed E-state index contributed by atoms with van der Waals surface area (Å²) in [6.07, 6.45) is 0. The average molecular weight is 294 g/mol. The lowest BCUT2D eigenvalue weighted by atomic mass is 9.98. The normalized spacial score (nSPS) is 10.8. The van der Waals surface area contributed by atoms with E-state index in [1.54, 1.807) is 13.0 Å². The number of esters is 1. The van der Waals surface area contributed by atoms with Gasteiger partial charge in [0, 0.05) is 0 Å². The highest BCUT2D eigenvalue weighted by atomic mass is 19.1. The van der Waals surface area contributed by atoms with Gasteiger partial charge in [-0.05, 0) is 52.2 Å². The summed E-state index contributed by atoms with van der Waals surface area (Å²) in [4.78, 5) is 11.8. The number of ether oxygens (including phenoxy) is 1. The molecule has 3 aromatic rings. The van der Waals surface area contributed by atoms with Crippen molar-refractivity contribution in [2.24, 2.45) is 0 Å². The number of rotatable bonds is 3. The molecular formula is C19H15FO2. The first-order valence-electron chi connectivity index (χ1n) is 7.08. The first-order chi connectivity index (χ1) is 10.6. The summed E-state index contributed by atoms with van der Waals surface area (Å²) in [6, 6.07) is 14.2. The van der Waals surface area contributed by atoms with E-state index in [2.05, 4.69) is 6.58 Å². The number of hydrogen-bond donors (Lipinski definition) is 0. The fraction of sp³-hybridized carbons (Fsp3) is 0.105. The molecule has 0 saturated heterocycles. The maximum Gasteiger partial charge on any atom is 0.338 e. The van der Waals surface area contributed by atoms with Crippen molar-refractivity contribution in [2.75, 3.05) is 6.61 Å². The van der Waals surface area contributed by atoms with Crippen molar-refractivity contribution in [1.82, 2.24) is 0 Å². The molecule has 0 unspecified atom stereocenters. The van der Waals surface area contributed by atoms with Crippen LogP contribution in [0, 0.1) is 5.82 Å². The smallest absolute Gasteiger partial charge is 0.338 e. The van der Waals surface area contributed by atoms with Gasteiger partial charge in [0.15, 0.2) is 0 Å². The maximum absolute atomic E-state index is 13.3. The highest BCUT2D eigenvalue weighted by Gasteiger charge is 2.11. The zero-order chi connectivity index (χ0) is 15.7. The molecule has 0 aromatic heterocycles. The van der Waals surface area contributed by atoms with Crippen LogP contribution in [0.15, 0.2) is 55.1 Å². The molecular weight excluding hydrogens is 279 g/mol. The molecule has 0 radical (unpaired) electrons. The monoisotopic (exact) mass is 294 g/mol. The average Bonchev–Trinajstić information content (AvgIpc) is 2.53. The standard InChI is InChI=1S/C19H15FO2/c1-3-22-19(21)12(2)13-6-8-17-14(10-13)4-5-15-11-16(20)7-9-18(15)17/h4-11H,2-3H2,1H3. The van der Waals surface area contributed by atoms with Gasteiger partial charge in [-0.25, -0.2) is 9.18 Å². The van der Waals surface area contributed by atoms with Gasteiger partial charge in [0.1, 0.15) is 5.82 Å². The molecule has 0 fully saturated rings. The molecule has 0 atom stereocenters. The van der Waals surface area contributed by atoms with Crippen LogP contribution < -0.4 is 0 Å². The van der Waals surface area contributed by atoms with Crippen LogP contribution in [0.2, 0.25) is 0 Å². The summed E-state index contributed by atoms with van der Waals surface area (Å²) in [6.45, 7) is 5.88. The quantitative estimate of drug-likeness (QED) is 0.397. The number of fused-ring (bicyclic) bond motifs is 3. The van der Waals surface area contributed by atoms with Crippen molar-refractivity contribution in [1.29, 1.82) is 0 Å². The number of halogens is 1. The van der Waals surface area contributed by atoms with Crippen molar-refractivity contribution in [2.45, 2.75) is 6.92 Å². The molecule has 0 N–H and O–H groups in total. The second kappa shape index (κ2) is 5.60. The minimum absolute atomic E-state index is 0.251. The van der Waals surface area contributed by atoms with E-state index in [0.717, 1.165) is 27.1 Å². The highest BCUT2D eigenvalue weighted by Crippen LogP contribution is 2.28. The molecule has 0 aliphatic heterocycles. The third-order valence-electron chi connectivity index (χ3n) is 3.67. The molecule has 0 amide bonds. The van der Waals surface area contributed by atoms with Gasteiger partial charge in [0.05, 0.1) is 12.2 Å². The number of benzene rings is 3. The predicted molar refractivity (Wildman–Crippen MR) is 87.1 cm³/mol. The van der Waals surface area contributed by atoms with Gasteiger partial charge in [0.2, 0.25) is 0 Å². The Morgan fingerprint density at radius 3 is 2.36 bits per heavy atom. The third kappa shape index (κ3) is 2.46. The van der Waals surface area contributed by atoms with Gasteiger partial charge in [0.25, 0.3) is 0 Å². The van der Waals surface area contributed by atoms with Gasteiger partial charge < -0.3 is 4.74 Å². The van der Waals surface area contributed by atoms with Gasteiger partial charge in [-0.2, -0.15) is 0 Å². The lowest BCUT2D eigenvalue weighted by Crippen LogP contribution is -2.05. The van der Waals surface area contributed by atoms with Crippen LogP contribution in [0.1, 0.15) is 12.5 Å². The van der Waals surface area contributed by atoms with Crippen molar-refractivity contribution >= 4 is 33.1 Å². The second-order valence-electron chi connectivity index (χ2n) is 5.07. The van der Waals surface area contributed by atoms with E-state index in [-0.39, 0.29) is 5.82 Å². The highest BCUT2D eigenvalue weighted by molar-refractivity contribution is 6.17. The zero-order valence-electron chi connectivity index (χ0n) is 12.2. The molecule has 0 aliphatic carbocycles. The van der Waals surface area contributed by atoms with Crippen molar-refractivity contribution in [3.05, 3.63) is 66.5 Å².